The highest BCUT2D eigenvalue weighted by Crippen LogP contribution is 2.38. The van der Waals surface area contributed by atoms with Crippen molar-refractivity contribution >= 4 is 10.9 Å². The molecule has 0 unspecified atom stereocenters. The van der Waals surface area contributed by atoms with Crippen LogP contribution in [-0.4, -0.2) is 24.7 Å². The maximum absolute atomic E-state index is 5.81. The third-order valence-corrected chi connectivity index (χ3v) is 5.48. The van der Waals surface area contributed by atoms with Crippen molar-refractivity contribution in [1.82, 2.24) is 4.98 Å². The average molecular weight is 379 g/mol. The van der Waals surface area contributed by atoms with Crippen LogP contribution in [0, 0.1) is 0 Å². The Bertz CT molecular complexity index is 982. The van der Waals surface area contributed by atoms with Gasteiger partial charge in [0.15, 0.2) is 11.5 Å². The molecule has 1 aliphatic heterocycles. The minimum absolute atomic E-state index is 0.122. The summed E-state index contributed by atoms with van der Waals surface area (Å²) in [6.07, 6.45) is 3.13. The molecule has 3 N–H and O–H groups in total. The average Bonchev–Trinajstić information content (AvgIpc) is 3.05. The molecular weight excluding hydrogens is 348 g/mol. The summed E-state index contributed by atoms with van der Waals surface area (Å²) in [5.74, 6) is 1.65. The van der Waals surface area contributed by atoms with Crippen LogP contribution in [0.25, 0.3) is 22.2 Å². The van der Waals surface area contributed by atoms with Gasteiger partial charge >= 0.3 is 0 Å². The van der Waals surface area contributed by atoms with Gasteiger partial charge in [-0.1, -0.05) is 26.8 Å². The minimum Gasteiger partial charge on any atom is -0.486 e. The molecule has 0 aliphatic carbocycles. The Kier molecular flexibility index (Phi) is 5.07. The number of hydrogen-bond donors (Lipinski definition) is 2. The number of rotatable bonds is 5. The van der Waals surface area contributed by atoms with Crippen LogP contribution in [0.15, 0.2) is 36.4 Å². The molecule has 0 saturated heterocycles. The van der Waals surface area contributed by atoms with E-state index in [1.807, 2.05) is 6.07 Å². The van der Waals surface area contributed by atoms with Crippen molar-refractivity contribution in [3.8, 4) is 22.8 Å². The molecule has 0 radical (unpaired) electrons. The molecule has 2 heterocycles. The lowest BCUT2D eigenvalue weighted by Crippen LogP contribution is -2.15. The van der Waals surface area contributed by atoms with Crippen molar-refractivity contribution in [3.63, 3.8) is 0 Å². The van der Waals surface area contributed by atoms with Gasteiger partial charge in [-0.05, 0) is 72.7 Å². The van der Waals surface area contributed by atoms with Crippen LogP contribution in [0.4, 0.5) is 0 Å². The molecule has 148 valence electrons. The molecular formula is C24H30N2O2. The number of hydrogen-bond acceptors (Lipinski definition) is 3. The molecule has 3 aromatic rings. The third-order valence-electron chi connectivity index (χ3n) is 5.48. The number of nitrogens with two attached hydrogens (primary N) is 1. The predicted octanol–water partition coefficient (Wildman–Crippen LogP) is 5.19. The molecule has 1 aromatic heterocycles. The highest BCUT2D eigenvalue weighted by atomic mass is 16.6. The van der Waals surface area contributed by atoms with E-state index in [0.717, 1.165) is 42.9 Å². The van der Waals surface area contributed by atoms with Crippen molar-refractivity contribution in [3.05, 3.63) is 47.5 Å². The summed E-state index contributed by atoms with van der Waals surface area (Å²) >= 11 is 0. The normalized spacial score (nSPS) is 13.9. The van der Waals surface area contributed by atoms with Gasteiger partial charge in [0.05, 0.1) is 0 Å². The Morgan fingerprint density at radius 2 is 1.75 bits per heavy atom. The number of aromatic amines is 1. The first-order chi connectivity index (χ1) is 13.5. The van der Waals surface area contributed by atoms with Crippen LogP contribution in [0.1, 0.15) is 44.7 Å². The van der Waals surface area contributed by atoms with Crippen LogP contribution < -0.4 is 15.2 Å². The van der Waals surface area contributed by atoms with Crippen molar-refractivity contribution in [2.75, 3.05) is 19.8 Å². The topological polar surface area (TPSA) is 60.3 Å². The first kappa shape index (κ1) is 18.9. The SMILES string of the molecule is CC(C)(C)c1ccc2[nH]c(-c3ccc4c(c3)OCCO4)c(CCCCN)c2c1. The number of unbranched alkanes of at least 4 members (excludes halogenated alkanes) is 1. The zero-order valence-corrected chi connectivity index (χ0v) is 17.1. The van der Waals surface area contributed by atoms with Gasteiger partial charge in [-0.2, -0.15) is 0 Å². The number of aromatic nitrogens is 1. The van der Waals surface area contributed by atoms with Crippen molar-refractivity contribution < 1.29 is 9.47 Å². The molecule has 4 heteroatoms. The summed E-state index contributed by atoms with van der Waals surface area (Å²) in [4.78, 5) is 3.67. The Morgan fingerprint density at radius 3 is 2.50 bits per heavy atom. The van der Waals surface area contributed by atoms with Crippen LogP contribution in [0.5, 0.6) is 11.5 Å². The molecule has 4 rings (SSSR count). The zero-order chi connectivity index (χ0) is 19.7. The van der Waals surface area contributed by atoms with Crippen LogP contribution in [-0.2, 0) is 11.8 Å². The molecule has 2 aromatic carbocycles. The molecule has 0 saturated carbocycles. The molecule has 0 fully saturated rings. The fourth-order valence-corrected chi connectivity index (χ4v) is 3.87. The maximum atomic E-state index is 5.81. The summed E-state index contributed by atoms with van der Waals surface area (Å²) < 4.78 is 11.5. The molecule has 0 atom stereocenters. The predicted molar refractivity (Wildman–Crippen MR) is 115 cm³/mol. The summed E-state index contributed by atoms with van der Waals surface area (Å²) in [6, 6.07) is 13.0. The number of aryl methyl sites for hydroxylation is 1. The molecule has 0 amide bonds. The van der Waals surface area contributed by atoms with E-state index in [9.17, 15) is 0 Å². The monoisotopic (exact) mass is 378 g/mol. The summed E-state index contributed by atoms with van der Waals surface area (Å²) in [5, 5.41) is 1.31. The fourth-order valence-electron chi connectivity index (χ4n) is 3.87. The molecule has 0 spiro atoms. The maximum Gasteiger partial charge on any atom is 0.162 e. The van der Waals surface area contributed by atoms with E-state index in [0.29, 0.717) is 13.2 Å². The van der Waals surface area contributed by atoms with E-state index < -0.39 is 0 Å². The van der Waals surface area contributed by atoms with Crippen molar-refractivity contribution in [2.45, 2.75) is 45.4 Å². The van der Waals surface area contributed by atoms with Gasteiger partial charge in [-0.15, -0.1) is 0 Å². The van der Waals surface area contributed by atoms with Crippen molar-refractivity contribution in [1.29, 1.82) is 0 Å². The van der Waals surface area contributed by atoms with E-state index in [4.69, 9.17) is 15.2 Å². The Balaban J connectivity index is 1.83. The van der Waals surface area contributed by atoms with Gasteiger partial charge in [0.2, 0.25) is 0 Å². The van der Waals surface area contributed by atoms with Crippen LogP contribution in [0.3, 0.4) is 0 Å². The molecule has 4 nitrogen and oxygen atoms in total. The molecule has 1 aliphatic rings. The number of H-pyrrole nitrogens is 1. The number of fused-ring (bicyclic) bond motifs is 2. The lowest BCUT2D eigenvalue weighted by atomic mass is 9.86. The second kappa shape index (κ2) is 7.51. The second-order valence-electron chi connectivity index (χ2n) is 8.59. The Labute approximate surface area is 167 Å². The number of ether oxygens (including phenoxy) is 2. The summed E-state index contributed by atoms with van der Waals surface area (Å²) in [5.41, 5.74) is 12.1. The van der Waals surface area contributed by atoms with Crippen LogP contribution >= 0.6 is 0 Å². The Hall–Kier alpha value is -2.46. The largest absolute Gasteiger partial charge is 0.486 e. The summed E-state index contributed by atoms with van der Waals surface area (Å²) in [6.45, 7) is 8.72. The smallest absolute Gasteiger partial charge is 0.162 e. The first-order valence-corrected chi connectivity index (χ1v) is 10.2. The van der Waals surface area contributed by atoms with Crippen LogP contribution in [0.2, 0.25) is 0 Å². The highest BCUT2D eigenvalue weighted by Gasteiger charge is 2.20. The van der Waals surface area contributed by atoms with Gasteiger partial charge in [0.25, 0.3) is 0 Å². The first-order valence-electron chi connectivity index (χ1n) is 10.2. The molecule has 0 bridgehead atoms. The Morgan fingerprint density at radius 1 is 0.964 bits per heavy atom. The van der Waals surface area contributed by atoms with E-state index in [-0.39, 0.29) is 5.41 Å². The van der Waals surface area contributed by atoms with E-state index in [1.54, 1.807) is 0 Å². The van der Waals surface area contributed by atoms with Crippen molar-refractivity contribution in [2.24, 2.45) is 5.73 Å². The zero-order valence-electron chi connectivity index (χ0n) is 17.1. The van der Waals surface area contributed by atoms with Gasteiger partial charge in [0.1, 0.15) is 13.2 Å². The quantitative estimate of drug-likeness (QED) is 0.601. The third kappa shape index (κ3) is 3.61. The molecule has 28 heavy (non-hydrogen) atoms. The number of nitrogens with one attached hydrogen (secondary N) is 1. The highest BCUT2D eigenvalue weighted by molar-refractivity contribution is 5.91. The van der Waals surface area contributed by atoms with E-state index in [1.165, 1.54) is 27.7 Å². The minimum atomic E-state index is 0.122. The van der Waals surface area contributed by atoms with Gasteiger partial charge in [-0.25, -0.2) is 0 Å². The van der Waals surface area contributed by atoms with E-state index in [2.05, 4.69) is 56.1 Å². The summed E-state index contributed by atoms with van der Waals surface area (Å²) in [7, 11) is 0. The number of benzene rings is 2. The standard InChI is InChI=1S/C24H30N2O2/c1-24(2,3)17-8-9-20-19(15-17)18(6-4-5-11-25)23(26-20)16-7-10-21-22(14-16)28-13-12-27-21/h7-10,14-15,26H,4-6,11-13,25H2,1-3H3. The van der Waals surface area contributed by atoms with Gasteiger partial charge < -0.3 is 20.2 Å². The lowest BCUT2D eigenvalue weighted by molar-refractivity contribution is 0.171. The lowest BCUT2D eigenvalue weighted by Gasteiger charge is -2.19. The fraction of sp³-hybridized carbons (Fsp3) is 0.417. The van der Waals surface area contributed by atoms with E-state index >= 15 is 0 Å². The second-order valence-corrected chi connectivity index (χ2v) is 8.59. The van der Waals surface area contributed by atoms with Gasteiger partial charge in [0, 0.05) is 22.2 Å². The van der Waals surface area contributed by atoms with Gasteiger partial charge in [-0.3, -0.25) is 0 Å².